The molecular formula is C43H36N8O2. The van der Waals surface area contributed by atoms with Crippen LogP contribution in [0.5, 0.6) is 11.5 Å². The van der Waals surface area contributed by atoms with Crippen molar-refractivity contribution in [2.75, 3.05) is 15.8 Å². The Kier molecular flexibility index (Phi) is 11.3. The number of hydrogen-bond donors (Lipinski definition) is 2. The van der Waals surface area contributed by atoms with Crippen LogP contribution < -0.4 is 25.2 Å². The Balaban J connectivity index is 1.12. The van der Waals surface area contributed by atoms with Gasteiger partial charge in [0.25, 0.3) is 0 Å². The maximum Gasteiger partial charge on any atom is 0.250 e. The molecule has 0 unspecified atom stereocenters. The number of benzene rings is 6. The van der Waals surface area contributed by atoms with Crippen LogP contribution in [0.25, 0.3) is 0 Å². The lowest BCUT2D eigenvalue weighted by molar-refractivity contribution is 0.306. The molecule has 0 fully saturated rings. The average molecular weight is 697 g/mol. The van der Waals surface area contributed by atoms with Gasteiger partial charge in [0.15, 0.2) is 0 Å². The Morgan fingerprint density at radius 3 is 1.32 bits per heavy atom. The number of nitrogens with one attached hydrogen (secondary N) is 2. The van der Waals surface area contributed by atoms with Crippen LogP contribution in [0.3, 0.4) is 0 Å². The van der Waals surface area contributed by atoms with E-state index in [4.69, 9.17) is 19.4 Å². The Morgan fingerprint density at radius 1 is 0.472 bits per heavy atom. The van der Waals surface area contributed by atoms with E-state index in [1.54, 1.807) is 12.4 Å². The molecule has 1 heterocycles. The Bertz CT molecular complexity index is 2100. The summed E-state index contributed by atoms with van der Waals surface area (Å²) in [6.07, 6.45) is 3.37. The first-order valence-corrected chi connectivity index (χ1v) is 17.0. The highest BCUT2D eigenvalue weighted by Crippen LogP contribution is 2.32. The minimum atomic E-state index is 0.216. The summed E-state index contributed by atoms with van der Waals surface area (Å²) in [6.45, 7) is 0.941. The summed E-state index contributed by atoms with van der Waals surface area (Å²) in [5, 5.41) is 8.91. The lowest BCUT2D eigenvalue weighted by Crippen LogP contribution is -2.16. The number of hydrogen-bond acceptors (Lipinski definition) is 10. The molecule has 0 atom stereocenters. The van der Waals surface area contributed by atoms with Crippen LogP contribution in [0.15, 0.2) is 180 Å². The van der Waals surface area contributed by atoms with Crippen LogP contribution in [0.1, 0.15) is 22.3 Å². The summed E-state index contributed by atoms with van der Waals surface area (Å²) in [5.74, 6) is 2.26. The molecule has 10 heteroatoms. The van der Waals surface area contributed by atoms with Gasteiger partial charge >= 0.3 is 0 Å². The molecule has 6 aromatic carbocycles. The van der Waals surface area contributed by atoms with Crippen molar-refractivity contribution in [1.82, 2.24) is 15.0 Å². The molecule has 2 N–H and O–H groups in total. The number of hydrazone groups is 2. The highest BCUT2D eigenvalue weighted by molar-refractivity contribution is 5.81. The van der Waals surface area contributed by atoms with Crippen molar-refractivity contribution in [1.29, 1.82) is 0 Å². The number of rotatable bonds is 15. The van der Waals surface area contributed by atoms with E-state index in [0.717, 1.165) is 45.1 Å². The number of nitrogens with zero attached hydrogens (tertiary/aromatic N) is 6. The van der Waals surface area contributed by atoms with Gasteiger partial charge in [-0.05, 0) is 70.8 Å². The van der Waals surface area contributed by atoms with Gasteiger partial charge in [-0.25, -0.2) is 10.9 Å². The first-order valence-electron chi connectivity index (χ1n) is 17.0. The second kappa shape index (κ2) is 17.6. The molecule has 7 rings (SSSR count). The van der Waals surface area contributed by atoms with Crippen molar-refractivity contribution in [2.24, 2.45) is 10.2 Å². The van der Waals surface area contributed by atoms with Crippen molar-refractivity contribution in [2.45, 2.75) is 13.2 Å². The van der Waals surface area contributed by atoms with E-state index in [0.29, 0.717) is 19.2 Å². The summed E-state index contributed by atoms with van der Waals surface area (Å²) in [6, 6.07) is 55.2. The fourth-order valence-corrected chi connectivity index (χ4v) is 5.28. The lowest BCUT2D eigenvalue weighted by atomic mass is 10.2. The minimum absolute atomic E-state index is 0.216. The highest BCUT2D eigenvalue weighted by atomic mass is 16.5. The smallest absolute Gasteiger partial charge is 0.250 e. The van der Waals surface area contributed by atoms with Crippen molar-refractivity contribution in [3.05, 3.63) is 192 Å². The molecule has 53 heavy (non-hydrogen) atoms. The molecule has 0 aliphatic rings. The lowest BCUT2D eigenvalue weighted by Gasteiger charge is -2.23. The van der Waals surface area contributed by atoms with E-state index in [1.807, 2.05) is 175 Å². The molecule has 0 spiro atoms. The van der Waals surface area contributed by atoms with Crippen molar-refractivity contribution >= 4 is 41.6 Å². The highest BCUT2D eigenvalue weighted by Gasteiger charge is 2.18. The maximum atomic E-state index is 6.00. The van der Waals surface area contributed by atoms with E-state index in [9.17, 15) is 0 Å². The molecule has 0 radical (unpaired) electrons. The molecule has 0 aliphatic carbocycles. The van der Waals surface area contributed by atoms with E-state index in [2.05, 4.69) is 26.0 Å². The molecule has 0 aliphatic heterocycles. The minimum Gasteiger partial charge on any atom is -0.489 e. The van der Waals surface area contributed by atoms with Crippen molar-refractivity contribution in [3.8, 4) is 11.5 Å². The fourth-order valence-electron chi connectivity index (χ4n) is 5.28. The van der Waals surface area contributed by atoms with Gasteiger partial charge in [0.2, 0.25) is 17.8 Å². The van der Waals surface area contributed by atoms with Gasteiger partial charge in [0.1, 0.15) is 24.7 Å². The monoisotopic (exact) mass is 696 g/mol. The normalized spacial score (nSPS) is 11.0. The van der Waals surface area contributed by atoms with E-state index in [1.165, 1.54) is 0 Å². The summed E-state index contributed by atoms with van der Waals surface area (Å²) in [7, 11) is 0. The average Bonchev–Trinajstić information content (AvgIpc) is 3.21. The third-order valence-electron chi connectivity index (χ3n) is 7.82. The fraction of sp³-hybridized carbons (Fsp3) is 0.0465. The summed E-state index contributed by atoms with van der Waals surface area (Å²) >= 11 is 0. The molecule has 0 amide bonds. The van der Waals surface area contributed by atoms with Crippen molar-refractivity contribution < 1.29 is 9.47 Å². The zero-order valence-corrected chi connectivity index (χ0v) is 28.7. The van der Waals surface area contributed by atoms with Crippen LogP contribution in [-0.2, 0) is 13.2 Å². The van der Waals surface area contributed by atoms with Crippen LogP contribution in [0, 0.1) is 0 Å². The van der Waals surface area contributed by atoms with E-state index in [-0.39, 0.29) is 11.9 Å². The first-order chi connectivity index (χ1) is 26.2. The summed E-state index contributed by atoms with van der Waals surface area (Å²) in [5.41, 5.74) is 11.6. The van der Waals surface area contributed by atoms with Crippen LogP contribution in [0.2, 0.25) is 0 Å². The summed E-state index contributed by atoms with van der Waals surface area (Å²) in [4.78, 5) is 16.1. The second-order valence-electron chi connectivity index (χ2n) is 11.7. The third kappa shape index (κ3) is 9.89. The van der Waals surface area contributed by atoms with Gasteiger partial charge in [-0.2, -0.15) is 25.2 Å². The number of ether oxygens (including phenoxy) is 2. The maximum absolute atomic E-state index is 6.00. The number of para-hydroxylation sites is 2. The Hall–Kier alpha value is -7.33. The van der Waals surface area contributed by atoms with Gasteiger partial charge in [-0.3, -0.25) is 4.90 Å². The molecule has 1 aromatic heterocycles. The predicted molar refractivity (Wildman–Crippen MR) is 211 cm³/mol. The van der Waals surface area contributed by atoms with E-state index >= 15 is 0 Å². The molecule has 260 valence electrons. The quantitative estimate of drug-likeness (QED) is 0.0807. The SMILES string of the molecule is C(=N/Nc1nc(N/N=C\c2cccc(OCc3ccccc3)c2)nc(N(c2ccccc2)c2ccccc2)n1)/c1cccc(OCc2ccccc2)c1. The van der Waals surface area contributed by atoms with E-state index < -0.39 is 0 Å². The second-order valence-corrected chi connectivity index (χ2v) is 11.7. The molecule has 0 saturated carbocycles. The van der Waals surface area contributed by atoms with Crippen LogP contribution >= 0.6 is 0 Å². The molecular weight excluding hydrogens is 661 g/mol. The largest absolute Gasteiger partial charge is 0.489 e. The van der Waals surface area contributed by atoms with Gasteiger partial charge in [-0.1, -0.05) is 121 Å². The molecule has 0 saturated heterocycles. The van der Waals surface area contributed by atoms with Gasteiger partial charge in [0, 0.05) is 11.4 Å². The predicted octanol–water partition coefficient (Wildman–Crippen LogP) is 9.39. The third-order valence-corrected chi connectivity index (χ3v) is 7.82. The van der Waals surface area contributed by atoms with Crippen LogP contribution in [-0.4, -0.2) is 27.4 Å². The number of aromatic nitrogens is 3. The summed E-state index contributed by atoms with van der Waals surface area (Å²) < 4.78 is 12.0. The Labute approximate surface area is 308 Å². The molecule has 7 aromatic rings. The Morgan fingerprint density at radius 2 is 0.887 bits per heavy atom. The van der Waals surface area contributed by atoms with Crippen molar-refractivity contribution in [3.63, 3.8) is 0 Å². The first kappa shape index (κ1) is 34.1. The van der Waals surface area contributed by atoms with Gasteiger partial charge in [-0.15, -0.1) is 0 Å². The zero-order valence-electron chi connectivity index (χ0n) is 28.7. The molecule has 0 bridgehead atoms. The molecule has 10 nitrogen and oxygen atoms in total. The standard InChI is InChI=1S/C43H36N8O2/c1-5-15-33(16-6-1)31-52-39-25-13-19-35(27-39)29-44-49-41-46-42(48-43(47-41)51(37-21-9-3-10-22-37)38-23-11-4-12-24-38)50-45-30-36-20-14-26-40(28-36)53-32-34-17-7-2-8-18-34/h1-30H,31-32H2,(H2,46,47,48,49,50)/b44-29-,45-30-. The van der Waals surface area contributed by atoms with Crippen LogP contribution in [0.4, 0.5) is 29.2 Å². The number of anilines is 5. The topological polar surface area (TPSA) is 109 Å². The van der Waals surface area contributed by atoms with Gasteiger partial charge in [0.05, 0.1) is 12.4 Å². The van der Waals surface area contributed by atoms with Gasteiger partial charge < -0.3 is 9.47 Å². The zero-order chi connectivity index (χ0) is 35.9.